The van der Waals surface area contributed by atoms with Gasteiger partial charge in [0, 0.05) is 18.7 Å². The number of aromatic amines is 1. The Balaban J connectivity index is 1.59. The molecule has 1 aromatic carbocycles. The van der Waals surface area contributed by atoms with E-state index in [1.165, 1.54) is 4.68 Å². The Morgan fingerprint density at radius 3 is 2.84 bits per heavy atom. The second-order valence-electron chi connectivity index (χ2n) is 5.95. The van der Waals surface area contributed by atoms with Crippen molar-refractivity contribution in [2.75, 3.05) is 0 Å². The summed E-state index contributed by atoms with van der Waals surface area (Å²) in [7, 11) is 0. The standard InChI is InChI=1S/C16H14F3N5O/c17-16(18,19)15-11(7-10-3-1-2-4-14(10)25-15)8-24-9-13(22-23-24)12-5-6-20-21-12/h1-6,9,11,15H,7-8H2,(H,20,21)/t11-,15+/m0/s1. The molecule has 25 heavy (non-hydrogen) atoms. The van der Waals surface area contributed by atoms with E-state index in [1.54, 1.807) is 42.7 Å². The van der Waals surface area contributed by atoms with E-state index >= 15 is 0 Å². The Hall–Kier alpha value is -2.84. The maximum absolute atomic E-state index is 13.4. The lowest BCUT2D eigenvalue weighted by Gasteiger charge is -2.34. The van der Waals surface area contributed by atoms with Gasteiger partial charge in [-0.2, -0.15) is 18.3 Å². The van der Waals surface area contributed by atoms with E-state index in [2.05, 4.69) is 20.5 Å². The summed E-state index contributed by atoms with van der Waals surface area (Å²) in [6.45, 7) is 0.0552. The van der Waals surface area contributed by atoms with Crippen LogP contribution in [0.15, 0.2) is 42.7 Å². The molecule has 6 nitrogen and oxygen atoms in total. The third-order valence-corrected chi connectivity index (χ3v) is 4.20. The molecule has 1 aliphatic rings. The molecule has 0 amide bonds. The van der Waals surface area contributed by atoms with Crippen LogP contribution >= 0.6 is 0 Å². The lowest BCUT2D eigenvalue weighted by atomic mass is 9.90. The SMILES string of the molecule is FC(F)(F)[C@@H]1Oc2ccccc2C[C@H]1Cn1cc(-c2ccn[nH]2)nn1. The molecule has 3 heterocycles. The molecule has 0 radical (unpaired) electrons. The minimum Gasteiger partial charge on any atom is -0.480 e. The van der Waals surface area contributed by atoms with E-state index in [1.807, 2.05) is 0 Å². The maximum Gasteiger partial charge on any atom is 0.425 e. The normalized spacial score (nSPS) is 20.1. The van der Waals surface area contributed by atoms with Crippen molar-refractivity contribution in [3.8, 4) is 17.1 Å². The summed E-state index contributed by atoms with van der Waals surface area (Å²) in [4.78, 5) is 0. The Kier molecular flexibility index (Phi) is 3.70. The molecule has 1 N–H and O–H groups in total. The third kappa shape index (κ3) is 3.09. The van der Waals surface area contributed by atoms with Gasteiger partial charge < -0.3 is 4.74 Å². The lowest BCUT2D eigenvalue weighted by molar-refractivity contribution is -0.215. The Morgan fingerprint density at radius 1 is 1.24 bits per heavy atom. The summed E-state index contributed by atoms with van der Waals surface area (Å²) < 4.78 is 47.0. The first-order chi connectivity index (χ1) is 12.0. The van der Waals surface area contributed by atoms with Crippen LogP contribution < -0.4 is 4.74 Å². The second kappa shape index (κ2) is 5.91. The highest BCUT2D eigenvalue weighted by Crippen LogP contribution is 2.38. The van der Waals surface area contributed by atoms with Crippen LogP contribution in [0.3, 0.4) is 0 Å². The minimum atomic E-state index is -4.45. The van der Waals surface area contributed by atoms with Crippen LogP contribution in [0.25, 0.3) is 11.4 Å². The van der Waals surface area contributed by atoms with Crippen molar-refractivity contribution in [2.45, 2.75) is 25.2 Å². The summed E-state index contributed by atoms with van der Waals surface area (Å²) in [6.07, 6.45) is -2.89. The van der Waals surface area contributed by atoms with E-state index in [0.29, 0.717) is 11.4 Å². The Morgan fingerprint density at radius 2 is 2.08 bits per heavy atom. The van der Waals surface area contributed by atoms with Gasteiger partial charge >= 0.3 is 6.18 Å². The van der Waals surface area contributed by atoms with Crippen LogP contribution in [0.1, 0.15) is 5.56 Å². The first-order valence-corrected chi connectivity index (χ1v) is 7.72. The second-order valence-corrected chi connectivity index (χ2v) is 5.95. The number of benzene rings is 1. The van der Waals surface area contributed by atoms with Crippen LogP contribution in [0.2, 0.25) is 0 Å². The van der Waals surface area contributed by atoms with Crippen molar-refractivity contribution in [3.05, 3.63) is 48.3 Å². The predicted octanol–water partition coefficient (Wildman–Crippen LogP) is 2.85. The molecule has 0 saturated carbocycles. The van der Waals surface area contributed by atoms with Crippen LogP contribution in [-0.2, 0) is 13.0 Å². The zero-order chi connectivity index (χ0) is 17.4. The van der Waals surface area contributed by atoms with Crippen molar-refractivity contribution in [1.29, 1.82) is 0 Å². The van der Waals surface area contributed by atoms with Crippen molar-refractivity contribution in [1.82, 2.24) is 25.2 Å². The molecular formula is C16H14F3N5O. The number of nitrogens with one attached hydrogen (secondary N) is 1. The molecule has 0 spiro atoms. The quantitative estimate of drug-likeness (QED) is 0.789. The fourth-order valence-corrected chi connectivity index (χ4v) is 3.05. The monoisotopic (exact) mass is 349 g/mol. The number of ether oxygens (including phenoxy) is 1. The summed E-state index contributed by atoms with van der Waals surface area (Å²) in [6, 6.07) is 8.52. The van der Waals surface area contributed by atoms with Gasteiger partial charge in [-0.05, 0) is 24.1 Å². The van der Waals surface area contributed by atoms with Crippen molar-refractivity contribution in [3.63, 3.8) is 0 Å². The van der Waals surface area contributed by atoms with Gasteiger partial charge in [0.1, 0.15) is 11.4 Å². The van der Waals surface area contributed by atoms with Gasteiger partial charge in [0.25, 0.3) is 0 Å². The predicted molar refractivity (Wildman–Crippen MR) is 81.7 cm³/mol. The van der Waals surface area contributed by atoms with Gasteiger partial charge in [0.05, 0.1) is 11.9 Å². The number of fused-ring (bicyclic) bond motifs is 1. The number of rotatable bonds is 3. The first kappa shape index (κ1) is 15.7. The Bertz CT molecular complexity index is 859. The Labute approximate surface area is 140 Å². The van der Waals surface area contributed by atoms with Gasteiger partial charge in [-0.15, -0.1) is 5.10 Å². The zero-order valence-corrected chi connectivity index (χ0v) is 12.9. The number of alkyl halides is 3. The third-order valence-electron chi connectivity index (χ3n) is 4.20. The fraction of sp³-hybridized carbons (Fsp3) is 0.312. The number of halogens is 3. The highest BCUT2D eigenvalue weighted by atomic mass is 19.4. The molecule has 3 aromatic rings. The number of aromatic nitrogens is 5. The maximum atomic E-state index is 13.4. The highest BCUT2D eigenvalue weighted by Gasteiger charge is 2.49. The summed E-state index contributed by atoms with van der Waals surface area (Å²) in [5, 5.41) is 14.5. The molecule has 0 saturated heterocycles. The van der Waals surface area contributed by atoms with Gasteiger partial charge in [-0.1, -0.05) is 23.4 Å². The molecule has 1 aliphatic heterocycles. The molecular weight excluding hydrogens is 335 g/mol. The molecule has 2 aromatic heterocycles. The number of para-hydroxylation sites is 1. The lowest BCUT2D eigenvalue weighted by Crippen LogP contribution is -2.46. The van der Waals surface area contributed by atoms with Gasteiger partial charge in [-0.25, -0.2) is 0 Å². The van der Waals surface area contributed by atoms with Crippen molar-refractivity contribution >= 4 is 0 Å². The highest BCUT2D eigenvalue weighted by molar-refractivity contribution is 5.50. The number of H-pyrrole nitrogens is 1. The van der Waals surface area contributed by atoms with E-state index in [0.717, 1.165) is 5.56 Å². The summed E-state index contributed by atoms with van der Waals surface area (Å²) >= 11 is 0. The van der Waals surface area contributed by atoms with Gasteiger partial charge in [-0.3, -0.25) is 9.78 Å². The van der Waals surface area contributed by atoms with Crippen LogP contribution in [0.4, 0.5) is 13.2 Å². The van der Waals surface area contributed by atoms with Crippen LogP contribution in [0.5, 0.6) is 5.75 Å². The molecule has 0 bridgehead atoms. The summed E-state index contributed by atoms with van der Waals surface area (Å²) in [5.74, 6) is -0.496. The molecule has 130 valence electrons. The molecule has 0 fully saturated rings. The van der Waals surface area contributed by atoms with E-state index in [-0.39, 0.29) is 18.7 Å². The van der Waals surface area contributed by atoms with E-state index in [9.17, 15) is 13.2 Å². The van der Waals surface area contributed by atoms with Gasteiger partial charge in [0.15, 0.2) is 6.10 Å². The van der Waals surface area contributed by atoms with E-state index in [4.69, 9.17) is 4.74 Å². The molecule has 9 heteroatoms. The number of hydrogen-bond acceptors (Lipinski definition) is 4. The van der Waals surface area contributed by atoms with Gasteiger partial charge in [0.2, 0.25) is 0 Å². The van der Waals surface area contributed by atoms with Crippen molar-refractivity contribution < 1.29 is 17.9 Å². The fourth-order valence-electron chi connectivity index (χ4n) is 3.05. The number of hydrogen-bond donors (Lipinski definition) is 1. The van der Waals surface area contributed by atoms with Crippen LogP contribution in [-0.4, -0.2) is 37.5 Å². The van der Waals surface area contributed by atoms with Crippen LogP contribution in [0, 0.1) is 5.92 Å². The average molecular weight is 349 g/mol. The molecule has 4 rings (SSSR count). The molecule has 2 atom stereocenters. The minimum absolute atomic E-state index is 0.0552. The first-order valence-electron chi connectivity index (χ1n) is 7.72. The smallest absolute Gasteiger partial charge is 0.425 e. The number of nitrogens with zero attached hydrogens (tertiary/aromatic N) is 4. The van der Waals surface area contributed by atoms with E-state index < -0.39 is 18.2 Å². The zero-order valence-electron chi connectivity index (χ0n) is 12.9. The molecule has 0 aliphatic carbocycles. The van der Waals surface area contributed by atoms with Crippen molar-refractivity contribution in [2.24, 2.45) is 5.92 Å². The summed E-state index contributed by atoms with van der Waals surface area (Å²) in [5.41, 5.74) is 1.95. The topological polar surface area (TPSA) is 68.6 Å². The molecule has 0 unspecified atom stereocenters. The largest absolute Gasteiger partial charge is 0.480 e. The average Bonchev–Trinajstić information content (AvgIpc) is 3.24.